The molecule has 1 aromatic carbocycles. The lowest BCUT2D eigenvalue weighted by Gasteiger charge is -2.16. The summed E-state index contributed by atoms with van der Waals surface area (Å²) in [6.07, 6.45) is -1.89. The van der Waals surface area contributed by atoms with E-state index in [0.29, 0.717) is 5.56 Å². The van der Waals surface area contributed by atoms with E-state index in [0.717, 1.165) is 18.2 Å². The van der Waals surface area contributed by atoms with E-state index in [1.165, 1.54) is 25.4 Å². The number of H-pyrrole nitrogens is 1. The van der Waals surface area contributed by atoms with Crippen LogP contribution in [0, 0.1) is 0 Å². The topological polar surface area (TPSA) is 74.8 Å². The van der Waals surface area contributed by atoms with Crippen molar-refractivity contribution in [3.8, 4) is 0 Å². The van der Waals surface area contributed by atoms with Gasteiger partial charge in [-0.2, -0.15) is 18.3 Å². The average molecular weight is 319 g/mol. The maximum absolute atomic E-state index is 12.9. The van der Waals surface area contributed by atoms with Crippen molar-refractivity contribution in [1.82, 2.24) is 14.9 Å². The predicted octanol–water partition coefficient (Wildman–Crippen LogP) is 2.47. The van der Waals surface area contributed by atoms with Crippen molar-refractivity contribution in [3.63, 3.8) is 0 Å². The Hall–Kier alpha value is -1.87. The van der Waals surface area contributed by atoms with Gasteiger partial charge in [0.15, 0.2) is 0 Å². The van der Waals surface area contributed by atoms with Gasteiger partial charge < -0.3 is 0 Å². The normalized spacial score (nSPS) is 14.1. The van der Waals surface area contributed by atoms with Crippen molar-refractivity contribution in [2.45, 2.75) is 24.0 Å². The Kier molecular flexibility index (Phi) is 4.06. The van der Waals surface area contributed by atoms with Gasteiger partial charge in [-0.1, -0.05) is 12.1 Å². The lowest BCUT2D eigenvalue weighted by molar-refractivity contribution is -0.139. The molecular weight excluding hydrogens is 307 g/mol. The number of nitrogens with one attached hydrogen (secondary N) is 2. The highest BCUT2D eigenvalue weighted by Crippen LogP contribution is 2.34. The molecule has 1 heterocycles. The first-order valence-electron chi connectivity index (χ1n) is 5.89. The Morgan fingerprint density at radius 2 is 1.95 bits per heavy atom. The second-order valence-electron chi connectivity index (χ2n) is 4.37. The average Bonchev–Trinajstić information content (AvgIpc) is 2.91. The molecule has 5 nitrogen and oxygen atoms in total. The molecule has 0 spiro atoms. The van der Waals surface area contributed by atoms with Crippen molar-refractivity contribution < 1.29 is 21.6 Å². The molecule has 0 aliphatic rings. The van der Waals surface area contributed by atoms with E-state index in [4.69, 9.17) is 0 Å². The molecule has 1 unspecified atom stereocenters. The standard InChI is InChI=1S/C12H12F3N3O2S/c1-8(9-6-16-17-7-9)18-21(19,20)11-5-3-2-4-10(11)12(13,14)15/h2-8,18H,1H3,(H,16,17). The Balaban J connectivity index is 2.37. The number of benzene rings is 1. The predicted molar refractivity (Wildman–Crippen MR) is 68.8 cm³/mol. The van der Waals surface area contributed by atoms with Crippen LogP contribution in [0.2, 0.25) is 0 Å². The van der Waals surface area contributed by atoms with Crippen LogP contribution in [0.25, 0.3) is 0 Å². The Labute approximate surface area is 119 Å². The summed E-state index contributed by atoms with van der Waals surface area (Å²) < 4.78 is 65.2. The van der Waals surface area contributed by atoms with Gasteiger partial charge in [0.2, 0.25) is 10.0 Å². The third kappa shape index (κ3) is 3.42. The summed E-state index contributed by atoms with van der Waals surface area (Å²) in [5.41, 5.74) is -0.681. The number of halogens is 3. The summed E-state index contributed by atoms with van der Waals surface area (Å²) in [7, 11) is -4.31. The maximum Gasteiger partial charge on any atom is 0.417 e. The molecule has 0 aliphatic carbocycles. The molecule has 0 saturated carbocycles. The quantitative estimate of drug-likeness (QED) is 0.909. The molecule has 114 valence electrons. The second-order valence-corrected chi connectivity index (χ2v) is 6.05. The van der Waals surface area contributed by atoms with Crippen LogP contribution in [0.5, 0.6) is 0 Å². The Bertz CT molecular complexity index is 712. The van der Waals surface area contributed by atoms with Crippen LogP contribution in [-0.2, 0) is 16.2 Å². The summed E-state index contributed by atoms with van der Waals surface area (Å²) in [5, 5.41) is 6.17. The SMILES string of the molecule is CC(NS(=O)(=O)c1ccccc1C(F)(F)F)c1cn[nH]c1. The van der Waals surface area contributed by atoms with Crippen molar-refractivity contribution in [3.05, 3.63) is 47.8 Å². The van der Waals surface area contributed by atoms with E-state index in [9.17, 15) is 21.6 Å². The van der Waals surface area contributed by atoms with Crippen LogP contribution in [0.4, 0.5) is 13.2 Å². The van der Waals surface area contributed by atoms with Crippen LogP contribution in [-0.4, -0.2) is 18.6 Å². The Morgan fingerprint density at radius 1 is 1.29 bits per heavy atom. The minimum atomic E-state index is -4.75. The third-order valence-electron chi connectivity index (χ3n) is 2.83. The molecule has 2 N–H and O–H groups in total. The largest absolute Gasteiger partial charge is 0.417 e. The van der Waals surface area contributed by atoms with Gasteiger partial charge in [-0.15, -0.1) is 0 Å². The lowest BCUT2D eigenvalue weighted by Crippen LogP contribution is -2.28. The summed E-state index contributed by atoms with van der Waals surface area (Å²) in [4.78, 5) is -0.798. The summed E-state index contributed by atoms with van der Waals surface area (Å²) in [6, 6.07) is 3.33. The van der Waals surface area contributed by atoms with E-state index in [1.807, 2.05) is 0 Å². The minimum Gasteiger partial charge on any atom is -0.285 e. The van der Waals surface area contributed by atoms with Crippen molar-refractivity contribution >= 4 is 10.0 Å². The van der Waals surface area contributed by atoms with Gasteiger partial charge in [0.25, 0.3) is 0 Å². The van der Waals surface area contributed by atoms with Gasteiger partial charge in [-0.05, 0) is 19.1 Å². The second kappa shape index (κ2) is 5.49. The first kappa shape index (κ1) is 15.5. The molecule has 0 saturated heterocycles. The van der Waals surface area contributed by atoms with Gasteiger partial charge in [-0.3, -0.25) is 5.10 Å². The molecule has 1 aromatic heterocycles. The zero-order chi connectivity index (χ0) is 15.7. The number of alkyl halides is 3. The first-order valence-corrected chi connectivity index (χ1v) is 7.37. The van der Waals surface area contributed by atoms with Crippen molar-refractivity contribution in [2.75, 3.05) is 0 Å². The fourth-order valence-electron chi connectivity index (χ4n) is 1.80. The highest BCUT2D eigenvalue weighted by Gasteiger charge is 2.37. The van der Waals surface area contributed by atoms with E-state index >= 15 is 0 Å². The van der Waals surface area contributed by atoms with Crippen LogP contribution in [0.1, 0.15) is 24.1 Å². The number of hydrogen-bond acceptors (Lipinski definition) is 3. The zero-order valence-corrected chi connectivity index (χ0v) is 11.7. The Morgan fingerprint density at radius 3 is 2.52 bits per heavy atom. The molecule has 1 atom stereocenters. The summed E-state index contributed by atoms with van der Waals surface area (Å²) in [5.74, 6) is 0. The third-order valence-corrected chi connectivity index (χ3v) is 4.43. The fourth-order valence-corrected chi connectivity index (χ4v) is 3.26. The number of hydrogen-bond donors (Lipinski definition) is 2. The van der Waals surface area contributed by atoms with Crippen LogP contribution in [0.15, 0.2) is 41.6 Å². The van der Waals surface area contributed by atoms with E-state index < -0.39 is 32.7 Å². The van der Waals surface area contributed by atoms with Crippen LogP contribution >= 0.6 is 0 Å². The molecule has 21 heavy (non-hydrogen) atoms. The highest BCUT2D eigenvalue weighted by atomic mass is 32.2. The molecule has 0 fully saturated rings. The van der Waals surface area contributed by atoms with E-state index in [2.05, 4.69) is 14.9 Å². The first-order chi connectivity index (χ1) is 9.72. The maximum atomic E-state index is 12.9. The number of nitrogens with zero attached hydrogens (tertiary/aromatic N) is 1. The molecule has 0 amide bonds. The van der Waals surface area contributed by atoms with E-state index in [1.54, 1.807) is 0 Å². The molecule has 9 heteroatoms. The number of rotatable bonds is 4. The van der Waals surface area contributed by atoms with Gasteiger partial charge in [-0.25, -0.2) is 13.1 Å². The fraction of sp³-hybridized carbons (Fsp3) is 0.250. The van der Waals surface area contributed by atoms with E-state index in [-0.39, 0.29) is 0 Å². The summed E-state index contributed by atoms with van der Waals surface area (Å²) in [6.45, 7) is 1.51. The zero-order valence-electron chi connectivity index (χ0n) is 10.8. The van der Waals surface area contributed by atoms with Crippen molar-refractivity contribution in [2.24, 2.45) is 0 Å². The van der Waals surface area contributed by atoms with Crippen LogP contribution in [0.3, 0.4) is 0 Å². The van der Waals surface area contributed by atoms with Gasteiger partial charge in [0.1, 0.15) is 0 Å². The van der Waals surface area contributed by atoms with Crippen LogP contribution < -0.4 is 4.72 Å². The smallest absolute Gasteiger partial charge is 0.285 e. The number of aromatic nitrogens is 2. The highest BCUT2D eigenvalue weighted by molar-refractivity contribution is 7.89. The van der Waals surface area contributed by atoms with Gasteiger partial charge in [0, 0.05) is 17.8 Å². The molecular formula is C12H12F3N3O2S. The molecule has 2 aromatic rings. The van der Waals surface area contributed by atoms with Crippen molar-refractivity contribution in [1.29, 1.82) is 0 Å². The molecule has 0 aliphatic heterocycles. The van der Waals surface area contributed by atoms with Gasteiger partial charge >= 0.3 is 6.18 Å². The molecule has 2 rings (SSSR count). The molecule has 0 radical (unpaired) electrons. The minimum absolute atomic E-state index is 0.517. The number of sulfonamides is 1. The summed E-state index contributed by atoms with van der Waals surface area (Å²) >= 11 is 0. The van der Waals surface area contributed by atoms with Gasteiger partial charge in [0.05, 0.1) is 16.7 Å². The molecule has 0 bridgehead atoms. The monoisotopic (exact) mass is 319 g/mol. The lowest BCUT2D eigenvalue weighted by atomic mass is 10.2. The number of aromatic amines is 1.